The summed E-state index contributed by atoms with van der Waals surface area (Å²) in [5.41, 5.74) is 2.14. The van der Waals surface area contributed by atoms with E-state index in [2.05, 4.69) is 17.6 Å². The van der Waals surface area contributed by atoms with E-state index in [1.54, 1.807) is 0 Å². The topological polar surface area (TPSA) is 49.8 Å². The van der Waals surface area contributed by atoms with Crippen molar-refractivity contribution < 1.29 is 4.42 Å². The Labute approximate surface area is 92.8 Å². The number of nitriles is 1. The molecule has 0 saturated heterocycles. The molecule has 0 spiro atoms. The Morgan fingerprint density at radius 3 is 2.93 bits per heavy atom. The van der Waals surface area contributed by atoms with Gasteiger partial charge in [0.2, 0.25) is 5.89 Å². The van der Waals surface area contributed by atoms with E-state index in [9.17, 15) is 0 Å². The van der Waals surface area contributed by atoms with Gasteiger partial charge in [-0.15, -0.1) is 12.6 Å². The molecule has 0 aliphatic heterocycles. The summed E-state index contributed by atoms with van der Waals surface area (Å²) in [5, 5.41) is 8.63. The Balaban J connectivity index is 2.55. The van der Waals surface area contributed by atoms with E-state index < -0.39 is 0 Å². The monoisotopic (exact) mass is 216 g/mol. The maximum absolute atomic E-state index is 8.63. The highest BCUT2D eigenvalue weighted by atomic mass is 32.1. The van der Waals surface area contributed by atoms with E-state index >= 15 is 0 Å². The van der Waals surface area contributed by atoms with Crippen LogP contribution in [0, 0.1) is 18.3 Å². The Hall–Kier alpha value is -1.73. The van der Waals surface area contributed by atoms with E-state index in [1.165, 1.54) is 6.26 Å². The van der Waals surface area contributed by atoms with Gasteiger partial charge in [0.1, 0.15) is 12.3 Å². The van der Waals surface area contributed by atoms with Crippen molar-refractivity contribution in [1.82, 2.24) is 4.98 Å². The first kappa shape index (κ1) is 9.81. The molecule has 15 heavy (non-hydrogen) atoms. The maximum atomic E-state index is 8.63. The van der Waals surface area contributed by atoms with E-state index in [0.29, 0.717) is 5.89 Å². The SMILES string of the molecule is Cc1c(S)cccc1-c1nc(C#N)co1. The third-order valence-electron chi connectivity index (χ3n) is 2.15. The fourth-order valence-corrected chi connectivity index (χ4v) is 1.51. The number of nitrogens with zero attached hydrogens (tertiary/aromatic N) is 2. The normalized spacial score (nSPS) is 9.93. The lowest BCUT2D eigenvalue weighted by molar-refractivity contribution is 0.573. The van der Waals surface area contributed by atoms with E-state index in [4.69, 9.17) is 9.68 Å². The van der Waals surface area contributed by atoms with Crippen LogP contribution >= 0.6 is 12.6 Å². The molecule has 1 aromatic carbocycles. The fourth-order valence-electron chi connectivity index (χ4n) is 1.30. The Morgan fingerprint density at radius 2 is 2.27 bits per heavy atom. The van der Waals surface area contributed by atoms with E-state index in [0.717, 1.165) is 16.0 Å². The second kappa shape index (κ2) is 3.79. The minimum absolute atomic E-state index is 0.286. The standard InChI is InChI=1S/C11H8N2OS/c1-7-9(3-2-4-10(7)15)11-13-8(5-12)6-14-11/h2-4,6,15H,1H3. The van der Waals surface area contributed by atoms with Gasteiger partial charge in [-0.25, -0.2) is 0 Å². The average Bonchev–Trinajstić information content (AvgIpc) is 2.70. The predicted molar refractivity (Wildman–Crippen MR) is 58.6 cm³/mol. The number of benzene rings is 1. The number of hydrogen-bond donors (Lipinski definition) is 1. The van der Waals surface area contributed by atoms with Crippen molar-refractivity contribution in [2.45, 2.75) is 11.8 Å². The third kappa shape index (κ3) is 1.74. The second-order valence-electron chi connectivity index (χ2n) is 3.10. The Morgan fingerprint density at radius 1 is 1.47 bits per heavy atom. The van der Waals surface area contributed by atoms with Crippen LogP contribution in [-0.2, 0) is 0 Å². The number of aromatic nitrogens is 1. The summed E-state index contributed by atoms with van der Waals surface area (Å²) < 4.78 is 5.21. The molecular weight excluding hydrogens is 208 g/mol. The van der Waals surface area contributed by atoms with Crippen LogP contribution in [0.4, 0.5) is 0 Å². The molecule has 0 atom stereocenters. The van der Waals surface area contributed by atoms with Gasteiger partial charge < -0.3 is 4.42 Å². The predicted octanol–water partition coefficient (Wildman–Crippen LogP) is 2.81. The number of oxazole rings is 1. The van der Waals surface area contributed by atoms with Crippen molar-refractivity contribution in [2.75, 3.05) is 0 Å². The molecule has 0 amide bonds. The lowest BCUT2D eigenvalue weighted by Crippen LogP contribution is -1.85. The number of hydrogen-bond acceptors (Lipinski definition) is 4. The number of thiol groups is 1. The van der Waals surface area contributed by atoms with Crippen LogP contribution in [0.15, 0.2) is 33.8 Å². The molecule has 1 heterocycles. The molecule has 3 nitrogen and oxygen atoms in total. The van der Waals surface area contributed by atoms with Gasteiger partial charge in [0.05, 0.1) is 0 Å². The highest BCUT2D eigenvalue weighted by Crippen LogP contribution is 2.26. The van der Waals surface area contributed by atoms with E-state index in [-0.39, 0.29) is 5.69 Å². The van der Waals surface area contributed by atoms with Crippen LogP contribution < -0.4 is 0 Å². The average molecular weight is 216 g/mol. The summed E-state index contributed by atoms with van der Waals surface area (Å²) >= 11 is 4.31. The van der Waals surface area contributed by atoms with Crippen LogP contribution in [0.5, 0.6) is 0 Å². The molecular formula is C11H8N2OS. The maximum Gasteiger partial charge on any atom is 0.227 e. The first-order valence-corrected chi connectivity index (χ1v) is 4.81. The van der Waals surface area contributed by atoms with Crippen LogP contribution in [0.3, 0.4) is 0 Å². The minimum Gasteiger partial charge on any atom is -0.443 e. The quantitative estimate of drug-likeness (QED) is 0.746. The highest BCUT2D eigenvalue weighted by Gasteiger charge is 2.09. The second-order valence-corrected chi connectivity index (χ2v) is 3.58. The van der Waals surface area contributed by atoms with Gasteiger partial charge in [-0.05, 0) is 24.6 Å². The first-order valence-electron chi connectivity index (χ1n) is 4.37. The highest BCUT2D eigenvalue weighted by molar-refractivity contribution is 7.80. The van der Waals surface area contributed by atoms with Gasteiger partial charge >= 0.3 is 0 Å². The fraction of sp³-hybridized carbons (Fsp3) is 0.0909. The zero-order chi connectivity index (χ0) is 10.8. The van der Waals surface area contributed by atoms with Crippen molar-refractivity contribution >= 4 is 12.6 Å². The molecule has 1 aromatic heterocycles. The van der Waals surface area contributed by atoms with Crippen LogP contribution in [0.1, 0.15) is 11.3 Å². The lowest BCUT2D eigenvalue weighted by atomic mass is 10.1. The lowest BCUT2D eigenvalue weighted by Gasteiger charge is -2.02. The largest absolute Gasteiger partial charge is 0.443 e. The summed E-state index contributed by atoms with van der Waals surface area (Å²) in [6, 6.07) is 7.59. The van der Waals surface area contributed by atoms with Gasteiger partial charge in [0.15, 0.2) is 5.69 Å². The molecule has 0 fully saturated rings. The van der Waals surface area contributed by atoms with Crippen molar-refractivity contribution in [1.29, 1.82) is 5.26 Å². The molecule has 0 bridgehead atoms. The van der Waals surface area contributed by atoms with Gasteiger partial charge in [0.25, 0.3) is 0 Å². The van der Waals surface area contributed by atoms with Gasteiger partial charge in [-0.2, -0.15) is 10.2 Å². The van der Waals surface area contributed by atoms with Crippen molar-refractivity contribution in [3.05, 3.63) is 35.7 Å². The molecule has 4 heteroatoms. The van der Waals surface area contributed by atoms with Gasteiger partial charge in [-0.1, -0.05) is 6.07 Å². The molecule has 0 aliphatic rings. The Bertz CT molecular complexity index is 540. The summed E-state index contributed by atoms with van der Waals surface area (Å²) in [7, 11) is 0. The summed E-state index contributed by atoms with van der Waals surface area (Å²) in [4.78, 5) is 4.92. The van der Waals surface area contributed by atoms with Crippen LogP contribution in [0.25, 0.3) is 11.5 Å². The Kier molecular flexibility index (Phi) is 2.48. The van der Waals surface area contributed by atoms with Crippen LogP contribution in [-0.4, -0.2) is 4.98 Å². The number of rotatable bonds is 1. The molecule has 0 radical (unpaired) electrons. The van der Waals surface area contributed by atoms with Crippen LogP contribution in [0.2, 0.25) is 0 Å². The molecule has 2 rings (SSSR count). The van der Waals surface area contributed by atoms with Crippen molar-refractivity contribution in [3.63, 3.8) is 0 Å². The van der Waals surface area contributed by atoms with Gasteiger partial charge in [0, 0.05) is 10.5 Å². The molecule has 0 unspecified atom stereocenters. The first-order chi connectivity index (χ1) is 7.22. The summed E-state index contributed by atoms with van der Waals surface area (Å²) in [6.07, 6.45) is 1.35. The zero-order valence-corrected chi connectivity index (χ0v) is 8.95. The summed E-state index contributed by atoms with van der Waals surface area (Å²) in [6.45, 7) is 1.94. The molecule has 74 valence electrons. The van der Waals surface area contributed by atoms with Crippen molar-refractivity contribution in [3.8, 4) is 17.5 Å². The summed E-state index contributed by atoms with van der Waals surface area (Å²) in [5.74, 6) is 0.458. The van der Waals surface area contributed by atoms with E-state index in [1.807, 2.05) is 31.2 Å². The van der Waals surface area contributed by atoms with Gasteiger partial charge in [-0.3, -0.25) is 0 Å². The van der Waals surface area contributed by atoms with Crippen molar-refractivity contribution in [2.24, 2.45) is 0 Å². The smallest absolute Gasteiger partial charge is 0.227 e. The third-order valence-corrected chi connectivity index (χ3v) is 2.64. The molecule has 0 saturated carbocycles. The molecule has 0 aliphatic carbocycles. The zero-order valence-electron chi connectivity index (χ0n) is 8.06. The minimum atomic E-state index is 0.286. The molecule has 0 N–H and O–H groups in total. The molecule has 2 aromatic rings.